The van der Waals surface area contributed by atoms with Crippen LogP contribution in [-0.4, -0.2) is 13.5 Å². The van der Waals surface area contributed by atoms with Gasteiger partial charge in [0, 0.05) is 11.1 Å². The van der Waals surface area contributed by atoms with Crippen LogP contribution in [0.5, 0.6) is 5.75 Å². The number of nitrogens with one attached hydrogen (secondary N) is 1. The molecule has 0 aliphatic carbocycles. The molecule has 130 valence electrons. The van der Waals surface area contributed by atoms with E-state index in [2.05, 4.69) is 0 Å². The van der Waals surface area contributed by atoms with Crippen molar-refractivity contribution in [1.82, 2.24) is 0 Å². The maximum Gasteiger partial charge on any atom is 0.419 e. The predicted molar refractivity (Wildman–Crippen MR) is 80.1 cm³/mol. The third-order valence-corrected chi connectivity index (χ3v) is 5.01. The first kappa shape index (κ1) is 18.3. The lowest BCUT2D eigenvalue weighted by Gasteiger charge is -2.13. The van der Waals surface area contributed by atoms with Gasteiger partial charge in [-0.3, -0.25) is 4.72 Å². The van der Waals surface area contributed by atoms with Crippen molar-refractivity contribution in [1.29, 1.82) is 0 Å². The van der Waals surface area contributed by atoms with E-state index in [-0.39, 0.29) is 16.3 Å². The van der Waals surface area contributed by atoms with Crippen molar-refractivity contribution >= 4 is 27.3 Å². The van der Waals surface area contributed by atoms with Crippen LogP contribution >= 0.6 is 11.6 Å². The first-order valence-electron chi connectivity index (χ1n) is 6.30. The quantitative estimate of drug-likeness (QED) is 0.776. The lowest BCUT2D eigenvalue weighted by Crippen LogP contribution is -2.15. The smallest absolute Gasteiger partial charge is 0.419 e. The number of rotatable bonds is 3. The van der Waals surface area contributed by atoms with Gasteiger partial charge in [-0.2, -0.15) is 13.2 Å². The summed E-state index contributed by atoms with van der Waals surface area (Å²) in [6.07, 6.45) is -4.78. The Morgan fingerprint density at radius 1 is 1.17 bits per heavy atom. The van der Waals surface area contributed by atoms with E-state index in [4.69, 9.17) is 11.6 Å². The highest BCUT2D eigenvalue weighted by atomic mass is 35.5. The molecule has 2 rings (SSSR count). The fourth-order valence-electron chi connectivity index (χ4n) is 1.95. The minimum absolute atomic E-state index is 0.0710. The largest absolute Gasteiger partial charge is 0.507 e. The molecule has 0 atom stereocenters. The lowest BCUT2D eigenvalue weighted by molar-refractivity contribution is -0.138. The van der Waals surface area contributed by atoms with Crippen molar-refractivity contribution in [3.63, 3.8) is 0 Å². The van der Waals surface area contributed by atoms with Gasteiger partial charge in [-0.1, -0.05) is 11.6 Å². The monoisotopic (exact) mass is 383 g/mol. The lowest BCUT2D eigenvalue weighted by atomic mass is 10.2. The second-order valence-electron chi connectivity index (χ2n) is 4.85. The highest BCUT2D eigenvalue weighted by molar-refractivity contribution is 7.92. The summed E-state index contributed by atoms with van der Waals surface area (Å²) in [5.74, 6) is -2.03. The summed E-state index contributed by atoms with van der Waals surface area (Å²) < 4.78 is 77.6. The molecule has 0 bridgehead atoms. The number of benzene rings is 2. The number of aromatic hydroxyl groups is 1. The van der Waals surface area contributed by atoms with Gasteiger partial charge in [0.2, 0.25) is 0 Å². The van der Waals surface area contributed by atoms with Crippen LogP contribution in [-0.2, 0) is 16.2 Å². The predicted octanol–water partition coefficient (Wildman–Crippen LogP) is 4.31. The normalized spacial score (nSPS) is 12.2. The first-order valence-corrected chi connectivity index (χ1v) is 8.16. The van der Waals surface area contributed by atoms with Crippen molar-refractivity contribution in [2.24, 2.45) is 0 Å². The minimum Gasteiger partial charge on any atom is -0.507 e. The number of halogens is 5. The number of phenols is 1. The molecule has 0 spiro atoms. The number of phenolic OH excluding ortho intramolecular Hbond substituents is 1. The average molecular weight is 384 g/mol. The van der Waals surface area contributed by atoms with Crippen LogP contribution in [0, 0.1) is 12.7 Å². The molecular weight excluding hydrogens is 374 g/mol. The highest BCUT2D eigenvalue weighted by Crippen LogP contribution is 2.37. The minimum atomic E-state index is -4.78. The molecule has 0 aliphatic rings. The Labute approximate surface area is 139 Å². The molecule has 0 saturated carbocycles. The molecule has 0 saturated heterocycles. The van der Waals surface area contributed by atoms with E-state index in [0.717, 1.165) is 18.2 Å². The zero-order valence-corrected chi connectivity index (χ0v) is 13.5. The summed E-state index contributed by atoms with van der Waals surface area (Å²) in [6.45, 7) is 1.35. The third-order valence-electron chi connectivity index (χ3n) is 3.11. The van der Waals surface area contributed by atoms with E-state index in [1.54, 1.807) is 0 Å². The third kappa shape index (κ3) is 3.73. The zero-order chi connectivity index (χ0) is 18.3. The number of alkyl halides is 3. The van der Waals surface area contributed by atoms with E-state index < -0.39 is 38.2 Å². The molecule has 0 aliphatic heterocycles. The number of hydrogen-bond donors (Lipinski definition) is 2. The number of sulfonamides is 1. The topological polar surface area (TPSA) is 66.4 Å². The second kappa shape index (κ2) is 6.14. The Kier molecular flexibility index (Phi) is 4.69. The molecule has 4 nitrogen and oxygen atoms in total. The summed E-state index contributed by atoms with van der Waals surface area (Å²) in [6, 6.07) is 3.62. The van der Waals surface area contributed by atoms with Gasteiger partial charge in [-0.25, -0.2) is 12.8 Å². The standard InChI is InChI=1S/C14H10ClF4NO3S/c1-7-11(15)4-8(16)5-13(7)24(22,23)20-9-2-3-10(12(21)6-9)14(17,18)19/h2-6,20-21H,1H3. The maximum atomic E-state index is 13.4. The molecule has 0 heterocycles. The van der Waals surface area contributed by atoms with Crippen LogP contribution in [0.4, 0.5) is 23.2 Å². The molecule has 24 heavy (non-hydrogen) atoms. The van der Waals surface area contributed by atoms with Gasteiger partial charge < -0.3 is 5.11 Å². The molecule has 0 unspecified atom stereocenters. The van der Waals surface area contributed by atoms with Gasteiger partial charge in [0.25, 0.3) is 10.0 Å². The van der Waals surface area contributed by atoms with E-state index in [9.17, 15) is 31.1 Å². The maximum absolute atomic E-state index is 13.4. The van der Waals surface area contributed by atoms with E-state index in [0.29, 0.717) is 12.1 Å². The van der Waals surface area contributed by atoms with Crippen LogP contribution in [0.1, 0.15) is 11.1 Å². The van der Waals surface area contributed by atoms with Gasteiger partial charge in [0.05, 0.1) is 16.1 Å². The Morgan fingerprint density at radius 3 is 2.33 bits per heavy atom. The van der Waals surface area contributed by atoms with E-state index in [1.807, 2.05) is 4.72 Å². The van der Waals surface area contributed by atoms with Gasteiger partial charge >= 0.3 is 6.18 Å². The van der Waals surface area contributed by atoms with Gasteiger partial charge in [-0.15, -0.1) is 0 Å². The molecule has 2 aromatic carbocycles. The van der Waals surface area contributed by atoms with Gasteiger partial charge in [0.15, 0.2) is 0 Å². The molecule has 0 radical (unpaired) electrons. The fraction of sp³-hybridized carbons (Fsp3) is 0.143. The summed E-state index contributed by atoms with van der Waals surface area (Å²) in [4.78, 5) is -0.466. The van der Waals surface area contributed by atoms with Crippen LogP contribution in [0.15, 0.2) is 35.2 Å². The van der Waals surface area contributed by atoms with Crippen molar-refractivity contribution in [3.05, 3.63) is 52.3 Å². The van der Waals surface area contributed by atoms with E-state index >= 15 is 0 Å². The van der Waals surface area contributed by atoms with Crippen molar-refractivity contribution in [2.45, 2.75) is 18.0 Å². The van der Waals surface area contributed by atoms with Crippen LogP contribution in [0.2, 0.25) is 5.02 Å². The van der Waals surface area contributed by atoms with Gasteiger partial charge in [0.1, 0.15) is 11.6 Å². The Balaban J connectivity index is 2.42. The highest BCUT2D eigenvalue weighted by Gasteiger charge is 2.34. The molecule has 0 aromatic heterocycles. The Bertz CT molecular complexity index is 898. The SMILES string of the molecule is Cc1c(Cl)cc(F)cc1S(=O)(=O)Nc1ccc(C(F)(F)F)c(O)c1. The van der Waals surface area contributed by atoms with E-state index in [1.165, 1.54) is 6.92 Å². The Morgan fingerprint density at radius 2 is 1.79 bits per heavy atom. The molecule has 2 N–H and O–H groups in total. The fourth-order valence-corrected chi connectivity index (χ4v) is 3.54. The molecule has 10 heteroatoms. The van der Waals surface area contributed by atoms with Crippen molar-refractivity contribution in [2.75, 3.05) is 4.72 Å². The molecule has 0 amide bonds. The summed E-state index contributed by atoms with van der Waals surface area (Å²) >= 11 is 5.73. The average Bonchev–Trinajstić information content (AvgIpc) is 2.40. The van der Waals surface area contributed by atoms with Crippen LogP contribution < -0.4 is 4.72 Å². The molecular formula is C14H10ClF4NO3S. The van der Waals surface area contributed by atoms with Crippen LogP contribution in [0.25, 0.3) is 0 Å². The summed E-state index contributed by atoms with van der Waals surface area (Å²) in [5, 5.41) is 9.28. The second-order valence-corrected chi connectivity index (χ2v) is 6.90. The number of hydrogen-bond acceptors (Lipinski definition) is 3. The summed E-state index contributed by atoms with van der Waals surface area (Å²) in [5.41, 5.74) is -1.56. The Hall–Kier alpha value is -2.00. The van der Waals surface area contributed by atoms with Crippen LogP contribution in [0.3, 0.4) is 0 Å². The van der Waals surface area contributed by atoms with Crippen molar-refractivity contribution < 1.29 is 31.1 Å². The zero-order valence-electron chi connectivity index (χ0n) is 11.9. The first-order chi connectivity index (χ1) is 10.9. The molecule has 2 aromatic rings. The number of anilines is 1. The van der Waals surface area contributed by atoms with Gasteiger partial charge in [-0.05, 0) is 36.8 Å². The molecule has 0 fully saturated rings. The summed E-state index contributed by atoms with van der Waals surface area (Å²) in [7, 11) is -4.32. The van der Waals surface area contributed by atoms with Crippen molar-refractivity contribution in [3.8, 4) is 5.75 Å².